The van der Waals surface area contributed by atoms with E-state index in [1.54, 1.807) is 0 Å². The van der Waals surface area contributed by atoms with E-state index in [2.05, 4.69) is 21.4 Å². The van der Waals surface area contributed by atoms with Crippen LogP contribution in [0.2, 0.25) is 0 Å². The highest BCUT2D eigenvalue weighted by atomic mass is 16.4. The van der Waals surface area contributed by atoms with Gasteiger partial charge in [0.05, 0.1) is 0 Å². The van der Waals surface area contributed by atoms with Crippen LogP contribution in [0.25, 0.3) is 0 Å². The Morgan fingerprint density at radius 3 is 3.14 bits per heavy atom. The largest absolute Gasteiger partial charge is 0.411 e. The van der Waals surface area contributed by atoms with Gasteiger partial charge in [-0.25, -0.2) is 0 Å². The van der Waals surface area contributed by atoms with Crippen molar-refractivity contribution in [1.82, 2.24) is 10.2 Å². The van der Waals surface area contributed by atoms with Gasteiger partial charge >= 0.3 is 0 Å². The maximum Gasteiger partial charge on any atom is 0.266 e. The smallest absolute Gasteiger partial charge is 0.266 e. The lowest BCUT2D eigenvalue weighted by Crippen LogP contribution is -2.42. The fourth-order valence-corrected chi connectivity index (χ4v) is 2.99. The normalized spacial score (nSPS) is 17.5. The summed E-state index contributed by atoms with van der Waals surface area (Å²) in [7, 11) is 0. The Hall–Kier alpha value is -2.08. The van der Waals surface area contributed by atoms with Crippen molar-refractivity contribution < 1.29 is 10.0 Å². The van der Waals surface area contributed by atoms with Crippen LogP contribution >= 0.6 is 0 Å². The summed E-state index contributed by atoms with van der Waals surface area (Å²) < 4.78 is 0. The highest BCUT2D eigenvalue weighted by molar-refractivity contribution is 6.26. The van der Waals surface area contributed by atoms with Gasteiger partial charge in [-0.15, -0.1) is 0 Å². The summed E-state index contributed by atoms with van der Waals surface area (Å²) in [4.78, 5) is 13.7. The zero-order valence-electron chi connectivity index (χ0n) is 13.0. The molecule has 1 atom stereocenters. The molecule has 120 valence electrons. The van der Waals surface area contributed by atoms with Gasteiger partial charge in [0.1, 0.15) is 6.21 Å². The molecule has 1 aromatic rings. The summed E-state index contributed by atoms with van der Waals surface area (Å²) in [5.74, 6) is -0.383. The first-order chi connectivity index (χ1) is 10.6. The quantitative estimate of drug-likeness (QED) is 0.339. The van der Waals surface area contributed by atoms with Crippen molar-refractivity contribution in [3.63, 3.8) is 0 Å². The summed E-state index contributed by atoms with van der Waals surface area (Å²) in [6.45, 7) is 4.54. The molecule has 0 radical (unpaired) electrons. The molecule has 6 heteroatoms. The second-order valence-electron chi connectivity index (χ2n) is 5.83. The third-order valence-corrected chi connectivity index (χ3v) is 3.95. The number of rotatable bonds is 4. The molecule has 6 nitrogen and oxygen atoms in total. The predicted molar refractivity (Wildman–Crippen MR) is 87.0 cm³/mol. The maximum absolute atomic E-state index is 11.4. The zero-order valence-corrected chi connectivity index (χ0v) is 13.0. The molecule has 1 heterocycles. The lowest BCUT2D eigenvalue weighted by molar-refractivity contribution is -0.115. The van der Waals surface area contributed by atoms with E-state index in [1.165, 1.54) is 11.1 Å². The standard InChI is InChI=1S/C16H24N4O2/c1-12(19-16(21)9-18-22)10-20-8-3-2-6-14-13(11-20)5-4-7-15(14)17/h4-5,7,9,12,22H,2-3,6,8,10-11,17H2,1H3,(H,19,21)/b18-9-/t12-/m0/s1. The van der Waals surface area contributed by atoms with Crippen LogP contribution in [0.1, 0.15) is 30.9 Å². The van der Waals surface area contributed by atoms with E-state index in [9.17, 15) is 4.79 Å². The van der Waals surface area contributed by atoms with Crippen LogP contribution < -0.4 is 11.1 Å². The number of hydrogen-bond acceptors (Lipinski definition) is 5. The molecule has 0 fully saturated rings. The number of nitrogens with zero attached hydrogens (tertiary/aromatic N) is 2. The van der Waals surface area contributed by atoms with Gasteiger partial charge in [-0.1, -0.05) is 17.3 Å². The molecule has 0 aromatic heterocycles. The molecular formula is C16H24N4O2. The average molecular weight is 304 g/mol. The number of benzene rings is 1. The fourth-order valence-electron chi connectivity index (χ4n) is 2.99. The molecule has 1 amide bonds. The van der Waals surface area contributed by atoms with Gasteiger partial charge in [0, 0.05) is 24.8 Å². The third kappa shape index (κ3) is 4.46. The Bertz CT molecular complexity index is 545. The Morgan fingerprint density at radius 1 is 1.55 bits per heavy atom. The van der Waals surface area contributed by atoms with Gasteiger partial charge < -0.3 is 16.3 Å². The molecule has 1 aliphatic rings. The highest BCUT2D eigenvalue weighted by Crippen LogP contribution is 2.23. The van der Waals surface area contributed by atoms with E-state index in [-0.39, 0.29) is 11.9 Å². The fraction of sp³-hybridized carbons (Fsp3) is 0.500. The average Bonchev–Trinajstić information content (AvgIpc) is 2.42. The zero-order chi connectivity index (χ0) is 15.9. The topological polar surface area (TPSA) is 91.0 Å². The minimum atomic E-state index is -0.383. The van der Waals surface area contributed by atoms with E-state index >= 15 is 0 Å². The van der Waals surface area contributed by atoms with Crippen LogP contribution in [0, 0.1) is 0 Å². The number of hydrogen-bond donors (Lipinski definition) is 3. The predicted octanol–water partition coefficient (Wildman–Crippen LogP) is 1.37. The van der Waals surface area contributed by atoms with E-state index in [0.717, 1.165) is 50.8 Å². The third-order valence-electron chi connectivity index (χ3n) is 3.95. The molecule has 0 aliphatic carbocycles. The number of anilines is 1. The summed E-state index contributed by atoms with van der Waals surface area (Å²) in [6.07, 6.45) is 4.15. The van der Waals surface area contributed by atoms with Crippen molar-refractivity contribution in [1.29, 1.82) is 0 Å². The first-order valence-corrected chi connectivity index (χ1v) is 7.66. The van der Waals surface area contributed by atoms with Crippen molar-refractivity contribution in [2.24, 2.45) is 5.16 Å². The van der Waals surface area contributed by atoms with Gasteiger partial charge in [0.15, 0.2) is 0 Å². The lowest BCUT2D eigenvalue weighted by atomic mass is 9.97. The summed E-state index contributed by atoms with van der Waals surface area (Å²) in [5, 5.41) is 13.9. The number of oxime groups is 1. The van der Waals surface area contributed by atoms with Crippen molar-refractivity contribution in [3.05, 3.63) is 29.3 Å². The van der Waals surface area contributed by atoms with Crippen molar-refractivity contribution in [2.75, 3.05) is 18.8 Å². The van der Waals surface area contributed by atoms with Crippen LogP contribution in [-0.4, -0.2) is 41.4 Å². The van der Waals surface area contributed by atoms with Crippen LogP contribution in [0.4, 0.5) is 5.69 Å². The van der Waals surface area contributed by atoms with Crippen molar-refractivity contribution >= 4 is 17.8 Å². The number of amides is 1. The summed E-state index contributed by atoms with van der Waals surface area (Å²) >= 11 is 0. The number of carbonyl (C=O) groups excluding carboxylic acids is 1. The van der Waals surface area contributed by atoms with Crippen molar-refractivity contribution in [3.8, 4) is 0 Å². The highest BCUT2D eigenvalue weighted by Gasteiger charge is 2.17. The van der Waals surface area contributed by atoms with Crippen LogP contribution in [0.5, 0.6) is 0 Å². The molecular weight excluding hydrogens is 280 g/mol. The van der Waals surface area contributed by atoms with Gasteiger partial charge in [-0.2, -0.15) is 0 Å². The van der Waals surface area contributed by atoms with E-state index in [4.69, 9.17) is 10.9 Å². The summed E-state index contributed by atoms with van der Waals surface area (Å²) in [5.41, 5.74) is 9.50. The molecule has 0 unspecified atom stereocenters. The van der Waals surface area contributed by atoms with Gasteiger partial charge in [-0.05, 0) is 49.9 Å². The first kappa shape index (κ1) is 16.3. The Kier molecular flexibility index (Phi) is 5.77. The van der Waals surface area contributed by atoms with E-state index in [1.807, 2.05) is 19.1 Å². The number of nitrogen functional groups attached to an aromatic ring is 1. The first-order valence-electron chi connectivity index (χ1n) is 7.66. The minimum absolute atomic E-state index is 0.0190. The minimum Gasteiger partial charge on any atom is -0.411 e. The number of carbonyl (C=O) groups is 1. The molecule has 1 aromatic carbocycles. The van der Waals surface area contributed by atoms with Gasteiger partial charge in [0.25, 0.3) is 5.91 Å². The molecule has 0 spiro atoms. The molecule has 4 N–H and O–H groups in total. The molecule has 0 saturated heterocycles. The second-order valence-corrected chi connectivity index (χ2v) is 5.83. The lowest BCUT2D eigenvalue weighted by Gasteiger charge is -2.29. The van der Waals surface area contributed by atoms with Gasteiger partial charge in [0.2, 0.25) is 0 Å². The van der Waals surface area contributed by atoms with E-state index < -0.39 is 0 Å². The van der Waals surface area contributed by atoms with Crippen molar-refractivity contribution in [2.45, 2.75) is 38.8 Å². The van der Waals surface area contributed by atoms with E-state index in [0.29, 0.717) is 0 Å². The molecule has 22 heavy (non-hydrogen) atoms. The monoisotopic (exact) mass is 304 g/mol. The molecule has 0 saturated carbocycles. The molecule has 0 bridgehead atoms. The Morgan fingerprint density at radius 2 is 2.36 bits per heavy atom. The maximum atomic E-state index is 11.4. The van der Waals surface area contributed by atoms with Crippen LogP contribution in [0.3, 0.4) is 0 Å². The molecule has 2 rings (SSSR count). The second kappa shape index (κ2) is 7.79. The molecule has 1 aliphatic heterocycles. The Balaban J connectivity index is 2.01. The Labute approximate surface area is 131 Å². The van der Waals surface area contributed by atoms with Crippen LogP contribution in [0.15, 0.2) is 23.4 Å². The number of fused-ring (bicyclic) bond motifs is 1. The number of nitrogens with one attached hydrogen (secondary N) is 1. The number of nitrogens with two attached hydrogens (primary N) is 1. The summed E-state index contributed by atoms with van der Waals surface area (Å²) in [6, 6.07) is 6.07. The van der Waals surface area contributed by atoms with Gasteiger partial charge in [-0.3, -0.25) is 9.69 Å². The van der Waals surface area contributed by atoms with Crippen LogP contribution in [-0.2, 0) is 17.8 Å². The SMILES string of the molecule is C[C@@H](CN1CCCCc2c(N)cccc2C1)NC(=O)/C=N\O.